The summed E-state index contributed by atoms with van der Waals surface area (Å²) < 4.78 is 0. The summed E-state index contributed by atoms with van der Waals surface area (Å²) in [7, 11) is 0. The van der Waals surface area contributed by atoms with E-state index in [9.17, 15) is 10.1 Å². The molecule has 0 aliphatic heterocycles. The molecular formula is C17H19ClN2O3. The molecule has 1 atom stereocenters. The van der Waals surface area contributed by atoms with Crippen LogP contribution in [0.2, 0.25) is 5.02 Å². The number of nitrogens with one attached hydrogen (secondary N) is 1. The van der Waals surface area contributed by atoms with E-state index in [1.807, 2.05) is 30.3 Å². The minimum absolute atomic E-state index is 0.00664. The molecule has 0 aliphatic carbocycles. The second-order valence-electron chi connectivity index (χ2n) is 5.35. The van der Waals surface area contributed by atoms with E-state index in [0.29, 0.717) is 22.7 Å². The second-order valence-corrected chi connectivity index (χ2v) is 5.76. The van der Waals surface area contributed by atoms with Gasteiger partial charge in [-0.2, -0.15) is 0 Å². The van der Waals surface area contributed by atoms with Crippen molar-refractivity contribution in [2.75, 3.05) is 11.9 Å². The normalized spacial score (nSPS) is 12.0. The molecule has 23 heavy (non-hydrogen) atoms. The molecule has 2 aromatic carbocycles. The van der Waals surface area contributed by atoms with Crippen molar-refractivity contribution < 1.29 is 10.0 Å². The lowest BCUT2D eigenvalue weighted by molar-refractivity contribution is -0.385. The Kier molecular flexibility index (Phi) is 5.96. The zero-order valence-electron chi connectivity index (χ0n) is 12.8. The standard InChI is InChI=1S/C17H19ClN2O3/c1-12-10-16(14(18)11-17(12)20(22)23)19-15(8-5-9-21)13-6-3-2-4-7-13/h2-4,6-7,10-11,15,19,21H,5,8-9H2,1H3. The highest BCUT2D eigenvalue weighted by Gasteiger charge is 2.17. The van der Waals surface area contributed by atoms with Crippen LogP contribution in [0.25, 0.3) is 0 Å². The predicted octanol–water partition coefficient (Wildman–Crippen LogP) is 4.48. The van der Waals surface area contributed by atoms with Crippen LogP contribution in [-0.2, 0) is 0 Å². The number of nitro benzene ring substituents is 1. The third-order valence-corrected chi connectivity index (χ3v) is 3.98. The molecule has 0 saturated carbocycles. The molecule has 0 amide bonds. The zero-order chi connectivity index (χ0) is 16.8. The molecule has 0 aromatic heterocycles. The van der Waals surface area contributed by atoms with Crippen LogP contribution in [0, 0.1) is 17.0 Å². The van der Waals surface area contributed by atoms with Gasteiger partial charge in [-0.1, -0.05) is 41.9 Å². The molecule has 0 aliphatic rings. The van der Waals surface area contributed by atoms with E-state index in [2.05, 4.69) is 5.32 Å². The first-order chi connectivity index (χ1) is 11.0. The fourth-order valence-electron chi connectivity index (χ4n) is 2.47. The maximum atomic E-state index is 11.0. The Morgan fingerprint density at radius 2 is 2.00 bits per heavy atom. The topological polar surface area (TPSA) is 75.4 Å². The molecule has 2 rings (SSSR count). The average Bonchev–Trinajstić information content (AvgIpc) is 2.54. The van der Waals surface area contributed by atoms with Crippen molar-refractivity contribution in [3.8, 4) is 0 Å². The fourth-order valence-corrected chi connectivity index (χ4v) is 2.68. The molecule has 6 heteroatoms. The lowest BCUT2D eigenvalue weighted by Gasteiger charge is -2.21. The number of nitrogens with zero attached hydrogens (tertiary/aromatic N) is 1. The van der Waals surface area contributed by atoms with Crippen LogP contribution < -0.4 is 5.32 Å². The molecule has 0 saturated heterocycles. The van der Waals surface area contributed by atoms with Gasteiger partial charge in [0.2, 0.25) is 0 Å². The largest absolute Gasteiger partial charge is 0.396 e. The van der Waals surface area contributed by atoms with Crippen LogP contribution in [0.5, 0.6) is 0 Å². The van der Waals surface area contributed by atoms with Gasteiger partial charge in [0.05, 0.1) is 21.7 Å². The Bertz CT molecular complexity index is 677. The van der Waals surface area contributed by atoms with Gasteiger partial charge in [-0.15, -0.1) is 0 Å². The first-order valence-corrected chi connectivity index (χ1v) is 7.77. The number of anilines is 1. The Balaban J connectivity index is 2.29. The number of rotatable bonds is 7. The molecule has 2 N–H and O–H groups in total. The molecule has 0 fully saturated rings. The average molecular weight is 335 g/mol. The quantitative estimate of drug-likeness (QED) is 0.578. The minimum atomic E-state index is -0.439. The van der Waals surface area contributed by atoms with Crippen LogP contribution in [-0.4, -0.2) is 16.6 Å². The summed E-state index contributed by atoms with van der Waals surface area (Å²) in [5, 5.41) is 23.7. The summed E-state index contributed by atoms with van der Waals surface area (Å²) in [6, 6.07) is 12.9. The number of aliphatic hydroxyl groups excluding tert-OH is 1. The zero-order valence-corrected chi connectivity index (χ0v) is 13.6. The number of aryl methyl sites for hydroxylation is 1. The number of nitro groups is 1. The lowest BCUT2D eigenvalue weighted by atomic mass is 10.0. The van der Waals surface area contributed by atoms with E-state index in [-0.39, 0.29) is 18.3 Å². The molecule has 0 heterocycles. The molecule has 5 nitrogen and oxygen atoms in total. The van der Waals surface area contributed by atoms with E-state index < -0.39 is 4.92 Å². The molecule has 1 unspecified atom stereocenters. The minimum Gasteiger partial charge on any atom is -0.396 e. The predicted molar refractivity (Wildman–Crippen MR) is 92.0 cm³/mol. The first-order valence-electron chi connectivity index (χ1n) is 7.39. The molecule has 0 spiro atoms. The molecule has 122 valence electrons. The van der Waals surface area contributed by atoms with E-state index in [1.165, 1.54) is 6.07 Å². The summed E-state index contributed by atoms with van der Waals surface area (Å²) in [6.07, 6.45) is 1.38. The lowest BCUT2D eigenvalue weighted by Crippen LogP contribution is -2.12. The number of benzene rings is 2. The van der Waals surface area contributed by atoms with Crippen molar-refractivity contribution in [1.82, 2.24) is 0 Å². The highest BCUT2D eigenvalue weighted by atomic mass is 35.5. The van der Waals surface area contributed by atoms with Gasteiger partial charge in [-0.25, -0.2) is 0 Å². The Morgan fingerprint density at radius 3 is 2.61 bits per heavy atom. The first kappa shape index (κ1) is 17.2. The summed E-state index contributed by atoms with van der Waals surface area (Å²) in [6.45, 7) is 1.79. The van der Waals surface area contributed by atoms with Gasteiger partial charge in [0.25, 0.3) is 5.69 Å². The van der Waals surface area contributed by atoms with Gasteiger partial charge in [-0.3, -0.25) is 10.1 Å². The maximum absolute atomic E-state index is 11.0. The van der Waals surface area contributed by atoms with E-state index in [0.717, 1.165) is 12.0 Å². The maximum Gasteiger partial charge on any atom is 0.273 e. The third-order valence-electron chi connectivity index (χ3n) is 3.66. The van der Waals surface area contributed by atoms with Gasteiger partial charge in [-0.05, 0) is 31.4 Å². The number of halogens is 1. The van der Waals surface area contributed by atoms with E-state index >= 15 is 0 Å². The highest BCUT2D eigenvalue weighted by Crippen LogP contribution is 2.33. The summed E-state index contributed by atoms with van der Waals surface area (Å²) >= 11 is 6.19. The number of hydrogen-bond donors (Lipinski definition) is 2. The number of aliphatic hydroxyl groups is 1. The number of hydrogen-bond acceptors (Lipinski definition) is 4. The van der Waals surface area contributed by atoms with Crippen LogP contribution in [0.3, 0.4) is 0 Å². The second kappa shape index (κ2) is 7.94. The monoisotopic (exact) mass is 334 g/mol. The smallest absolute Gasteiger partial charge is 0.273 e. The molecular weight excluding hydrogens is 316 g/mol. The Morgan fingerprint density at radius 1 is 1.30 bits per heavy atom. The Labute approximate surface area is 140 Å². The molecule has 0 bridgehead atoms. The van der Waals surface area contributed by atoms with Crippen molar-refractivity contribution >= 4 is 23.0 Å². The van der Waals surface area contributed by atoms with E-state index in [4.69, 9.17) is 16.7 Å². The Hall–Kier alpha value is -2.11. The van der Waals surface area contributed by atoms with Crippen LogP contribution in [0.15, 0.2) is 42.5 Å². The summed E-state index contributed by atoms with van der Waals surface area (Å²) in [5.74, 6) is 0. The third kappa shape index (κ3) is 4.43. The van der Waals surface area contributed by atoms with Crippen molar-refractivity contribution in [3.05, 3.63) is 68.7 Å². The van der Waals surface area contributed by atoms with E-state index in [1.54, 1.807) is 13.0 Å². The summed E-state index contributed by atoms with van der Waals surface area (Å²) in [4.78, 5) is 10.5. The van der Waals surface area contributed by atoms with Gasteiger partial charge < -0.3 is 10.4 Å². The SMILES string of the molecule is Cc1cc(NC(CCCO)c2ccccc2)c(Cl)cc1[N+](=O)[O-]. The van der Waals surface area contributed by atoms with Gasteiger partial charge >= 0.3 is 0 Å². The van der Waals surface area contributed by atoms with Crippen molar-refractivity contribution in [2.24, 2.45) is 0 Å². The van der Waals surface area contributed by atoms with Crippen molar-refractivity contribution in [1.29, 1.82) is 0 Å². The van der Waals surface area contributed by atoms with Crippen LogP contribution in [0.1, 0.15) is 30.0 Å². The van der Waals surface area contributed by atoms with Crippen molar-refractivity contribution in [3.63, 3.8) is 0 Å². The molecule has 0 radical (unpaired) electrons. The highest BCUT2D eigenvalue weighted by molar-refractivity contribution is 6.33. The summed E-state index contributed by atoms with van der Waals surface area (Å²) in [5.41, 5.74) is 2.29. The van der Waals surface area contributed by atoms with Crippen LogP contribution in [0.4, 0.5) is 11.4 Å². The fraction of sp³-hybridized carbons (Fsp3) is 0.294. The molecule has 2 aromatic rings. The van der Waals surface area contributed by atoms with Gasteiger partial charge in [0, 0.05) is 18.2 Å². The van der Waals surface area contributed by atoms with Gasteiger partial charge in [0.1, 0.15) is 0 Å². The van der Waals surface area contributed by atoms with Crippen molar-refractivity contribution in [2.45, 2.75) is 25.8 Å². The van der Waals surface area contributed by atoms with Gasteiger partial charge in [0.15, 0.2) is 0 Å². The van der Waals surface area contributed by atoms with Crippen LogP contribution >= 0.6 is 11.6 Å².